The molecular formula is C17H22ClFN2O3. The van der Waals surface area contributed by atoms with Crippen LogP contribution in [-0.4, -0.2) is 41.6 Å². The summed E-state index contributed by atoms with van der Waals surface area (Å²) < 4.78 is 19.1. The third kappa shape index (κ3) is 5.09. The highest BCUT2D eigenvalue weighted by atomic mass is 35.5. The van der Waals surface area contributed by atoms with Crippen LogP contribution in [0.15, 0.2) is 18.2 Å². The second kappa shape index (κ2) is 7.38. The van der Waals surface area contributed by atoms with Gasteiger partial charge in [0, 0.05) is 24.2 Å². The van der Waals surface area contributed by atoms with Crippen LogP contribution in [0.25, 0.3) is 0 Å². The van der Waals surface area contributed by atoms with Crippen molar-refractivity contribution in [1.29, 1.82) is 0 Å². The first-order chi connectivity index (χ1) is 11.2. The molecule has 1 aromatic carbocycles. The molecule has 1 N–H and O–H groups in total. The summed E-state index contributed by atoms with van der Waals surface area (Å²) in [6.45, 7) is 6.29. The maximum absolute atomic E-state index is 13.9. The molecule has 0 aliphatic carbocycles. The molecule has 0 atom stereocenters. The molecule has 5 nitrogen and oxygen atoms in total. The number of halogens is 2. The zero-order valence-corrected chi connectivity index (χ0v) is 14.8. The van der Waals surface area contributed by atoms with Gasteiger partial charge in [-0.3, -0.25) is 4.79 Å². The Hall–Kier alpha value is -1.82. The lowest BCUT2D eigenvalue weighted by molar-refractivity contribution is 0.0473. The van der Waals surface area contributed by atoms with Crippen molar-refractivity contribution in [2.45, 2.75) is 45.3 Å². The van der Waals surface area contributed by atoms with Crippen molar-refractivity contribution in [2.24, 2.45) is 0 Å². The molecule has 2 rings (SSSR count). The number of likely N-dealkylation sites (tertiary alicyclic amines) is 1. The fraction of sp³-hybridized carbons (Fsp3) is 0.529. The lowest BCUT2D eigenvalue weighted by Crippen LogP contribution is -2.47. The van der Waals surface area contributed by atoms with Gasteiger partial charge in [-0.1, -0.05) is 11.6 Å². The molecule has 0 bridgehead atoms. The molecule has 1 aromatic rings. The first-order valence-electron chi connectivity index (χ1n) is 7.89. The fourth-order valence-electron chi connectivity index (χ4n) is 2.53. The average Bonchev–Trinajstić information content (AvgIpc) is 2.45. The molecule has 1 aliphatic heterocycles. The zero-order chi connectivity index (χ0) is 17.9. The van der Waals surface area contributed by atoms with Crippen LogP contribution in [0.5, 0.6) is 0 Å². The van der Waals surface area contributed by atoms with Gasteiger partial charge in [0.15, 0.2) is 0 Å². The van der Waals surface area contributed by atoms with Crippen LogP contribution in [0.1, 0.15) is 44.0 Å². The van der Waals surface area contributed by atoms with E-state index in [1.807, 2.05) is 0 Å². The summed E-state index contributed by atoms with van der Waals surface area (Å²) in [4.78, 5) is 25.7. The summed E-state index contributed by atoms with van der Waals surface area (Å²) in [6, 6.07) is 3.96. The molecule has 132 valence electrons. The summed E-state index contributed by atoms with van der Waals surface area (Å²) in [5.41, 5.74) is -0.537. The number of carbonyl (C=O) groups is 2. The Morgan fingerprint density at radius 2 is 1.92 bits per heavy atom. The lowest BCUT2D eigenvalue weighted by Gasteiger charge is -2.33. The largest absolute Gasteiger partial charge is 0.444 e. The smallest absolute Gasteiger partial charge is 0.407 e. The van der Waals surface area contributed by atoms with Gasteiger partial charge in [-0.2, -0.15) is 0 Å². The molecule has 0 unspecified atom stereocenters. The SMILES string of the molecule is CC(C)(C)OC(=O)NC1CCN(C(=O)c2ccc(Cl)cc2F)CC1. The van der Waals surface area contributed by atoms with Gasteiger partial charge in [0.05, 0.1) is 5.56 Å². The maximum atomic E-state index is 13.9. The fourth-order valence-corrected chi connectivity index (χ4v) is 2.69. The number of rotatable bonds is 2. The maximum Gasteiger partial charge on any atom is 0.407 e. The van der Waals surface area contributed by atoms with Crippen LogP contribution in [0.4, 0.5) is 9.18 Å². The highest BCUT2D eigenvalue weighted by Gasteiger charge is 2.27. The van der Waals surface area contributed by atoms with E-state index in [0.717, 1.165) is 6.07 Å². The summed E-state index contributed by atoms with van der Waals surface area (Å²) in [6.07, 6.45) is 0.733. The number of nitrogens with zero attached hydrogens (tertiary/aromatic N) is 1. The van der Waals surface area contributed by atoms with E-state index in [9.17, 15) is 14.0 Å². The van der Waals surface area contributed by atoms with Crippen LogP contribution in [-0.2, 0) is 4.74 Å². The van der Waals surface area contributed by atoms with E-state index in [1.54, 1.807) is 25.7 Å². The van der Waals surface area contributed by atoms with Crippen LogP contribution in [0.3, 0.4) is 0 Å². The second-order valence-electron chi connectivity index (χ2n) is 6.84. The quantitative estimate of drug-likeness (QED) is 0.880. The summed E-state index contributed by atoms with van der Waals surface area (Å²) in [5, 5.41) is 3.06. The van der Waals surface area contributed by atoms with Gasteiger partial charge in [-0.15, -0.1) is 0 Å². The van der Waals surface area contributed by atoms with Crippen LogP contribution in [0, 0.1) is 5.82 Å². The third-order valence-corrected chi connectivity index (χ3v) is 3.90. The number of ether oxygens (including phenoxy) is 1. The summed E-state index contributed by atoms with van der Waals surface area (Å²) >= 11 is 5.70. The van der Waals surface area contributed by atoms with E-state index in [0.29, 0.717) is 25.9 Å². The number of nitrogens with one attached hydrogen (secondary N) is 1. The predicted octanol–water partition coefficient (Wildman–Crippen LogP) is 3.61. The average molecular weight is 357 g/mol. The van der Waals surface area contributed by atoms with Crippen molar-refractivity contribution >= 4 is 23.6 Å². The molecule has 7 heteroatoms. The van der Waals surface area contributed by atoms with Crippen molar-refractivity contribution in [3.05, 3.63) is 34.6 Å². The lowest BCUT2D eigenvalue weighted by atomic mass is 10.0. The van der Waals surface area contributed by atoms with Gasteiger partial charge < -0.3 is 15.0 Å². The predicted molar refractivity (Wildman–Crippen MR) is 89.7 cm³/mol. The topological polar surface area (TPSA) is 58.6 Å². The summed E-state index contributed by atoms with van der Waals surface area (Å²) in [5.74, 6) is -0.985. The molecular weight excluding hydrogens is 335 g/mol. The van der Waals surface area contributed by atoms with Gasteiger partial charge in [0.2, 0.25) is 0 Å². The number of piperidine rings is 1. The Balaban J connectivity index is 1.88. The van der Waals surface area contributed by atoms with Crippen molar-refractivity contribution in [1.82, 2.24) is 10.2 Å². The van der Waals surface area contributed by atoms with Crippen LogP contribution >= 0.6 is 11.6 Å². The normalized spacial score (nSPS) is 16.0. The highest BCUT2D eigenvalue weighted by molar-refractivity contribution is 6.30. The van der Waals surface area contributed by atoms with E-state index >= 15 is 0 Å². The Morgan fingerprint density at radius 1 is 1.29 bits per heavy atom. The standard InChI is InChI=1S/C17H22ClFN2O3/c1-17(2,3)24-16(23)20-12-6-8-21(9-7-12)15(22)13-5-4-11(18)10-14(13)19/h4-5,10,12H,6-9H2,1-3H3,(H,20,23). The van der Waals surface area contributed by atoms with E-state index in [2.05, 4.69) is 5.32 Å². The van der Waals surface area contributed by atoms with Gasteiger partial charge in [-0.25, -0.2) is 9.18 Å². The Kier molecular flexibility index (Phi) is 5.70. The molecule has 0 spiro atoms. The minimum absolute atomic E-state index is 0.0120. The van der Waals surface area contributed by atoms with E-state index < -0.39 is 17.5 Å². The van der Waals surface area contributed by atoms with E-state index in [4.69, 9.17) is 16.3 Å². The number of carbonyl (C=O) groups excluding carboxylic acids is 2. The van der Waals surface area contributed by atoms with Crippen molar-refractivity contribution in [3.63, 3.8) is 0 Å². The first kappa shape index (κ1) is 18.5. The Morgan fingerprint density at radius 3 is 2.46 bits per heavy atom. The van der Waals surface area contributed by atoms with Gasteiger partial charge in [0.25, 0.3) is 5.91 Å². The van der Waals surface area contributed by atoms with Crippen molar-refractivity contribution in [3.8, 4) is 0 Å². The zero-order valence-electron chi connectivity index (χ0n) is 14.1. The van der Waals surface area contributed by atoms with Crippen molar-refractivity contribution < 1.29 is 18.7 Å². The van der Waals surface area contributed by atoms with Crippen LogP contribution < -0.4 is 5.32 Å². The third-order valence-electron chi connectivity index (χ3n) is 3.66. The molecule has 1 saturated heterocycles. The summed E-state index contributed by atoms with van der Waals surface area (Å²) in [7, 11) is 0. The molecule has 1 aliphatic rings. The van der Waals surface area contributed by atoms with E-state index in [1.165, 1.54) is 12.1 Å². The van der Waals surface area contributed by atoms with Crippen molar-refractivity contribution in [2.75, 3.05) is 13.1 Å². The second-order valence-corrected chi connectivity index (χ2v) is 7.27. The number of benzene rings is 1. The minimum Gasteiger partial charge on any atom is -0.444 e. The molecule has 0 saturated carbocycles. The van der Waals surface area contributed by atoms with E-state index in [-0.39, 0.29) is 22.5 Å². The molecule has 1 heterocycles. The molecule has 24 heavy (non-hydrogen) atoms. The highest BCUT2D eigenvalue weighted by Crippen LogP contribution is 2.19. The monoisotopic (exact) mass is 356 g/mol. The number of amides is 2. The van der Waals surface area contributed by atoms with Gasteiger partial charge in [0.1, 0.15) is 11.4 Å². The van der Waals surface area contributed by atoms with Gasteiger partial charge in [-0.05, 0) is 51.8 Å². The number of hydrogen-bond acceptors (Lipinski definition) is 3. The number of hydrogen-bond donors (Lipinski definition) is 1. The van der Waals surface area contributed by atoms with Gasteiger partial charge >= 0.3 is 6.09 Å². The molecule has 1 fully saturated rings. The minimum atomic E-state index is -0.624. The first-order valence-corrected chi connectivity index (χ1v) is 8.27. The Labute approximate surface area is 146 Å². The molecule has 0 aromatic heterocycles. The number of alkyl carbamates (subject to hydrolysis) is 1. The molecule has 0 radical (unpaired) electrons. The Bertz CT molecular complexity index is 623. The molecule has 2 amide bonds. The van der Waals surface area contributed by atoms with Crippen LogP contribution in [0.2, 0.25) is 5.02 Å².